The summed E-state index contributed by atoms with van der Waals surface area (Å²) in [7, 11) is 0. The number of hydrogen-bond donors (Lipinski definition) is 0. The van der Waals surface area contributed by atoms with E-state index in [4.69, 9.17) is 4.74 Å². The second-order valence-electron chi connectivity index (χ2n) is 6.24. The third kappa shape index (κ3) is 4.79. The minimum absolute atomic E-state index is 0.0469. The van der Waals surface area contributed by atoms with Crippen LogP contribution in [-0.4, -0.2) is 39.6 Å². The highest BCUT2D eigenvalue weighted by molar-refractivity contribution is 7.99. The van der Waals surface area contributed by atoms with Crippen LogP contribution in [-0.2, 0) is 11.3 Å². The van der Waals surface area contributed by atoms with E-state index in [1.807, 2.05) is 79.9 Å². The van der Waals surface area contributed by atoms with Gasteiger partial charge in [-0.1, -0.05) is 42.1 Å². The number of thioether (sulfide) groups is 1. The number of rotatable bonds is 9. The second-order valence-corrected chi connectivity index (χ2v) is 7.18. The smallest absolute Gasteiger partial charge is 0.237 e. The molecule has 0 bridgehead atoms. The molecule has 1 heterocycles. The van der Waals surface area contributed by atoms with Gasteiger partial charge in [0.1, 0.15) is 5.75 Å². The van der Waals surface area contributed by atoms with E-state index in [1.165, 1.54) is 11.8 Å². The first kappa shape index (κ1) is 20.9. The van der Waals surface area contributed by atoms with Crippen molar-refractivity contribution < 1.29 is 9.53 Å². The largest absolute Gasteiger partial charge is 0.493 e. The standard InChI is InChI=1S/C22H26N4O2S/c1-4-25(17-12-8-7-9-13-17)20(27)16-29-22-24-23-21(26(22)5-2)18-14-10-11-15-19(18)28-6-3/h7-15H,4-6,16H2,1-3H3. The first-order chi connectivity index (χ1) is 14.2. The predicted octanol–water partition coefficient (Wildman–Crippen LogP) is 4.51. The van der Waals surface area contributed by atoms with Crippen molar-refractivity contribution in [3.05, 3.63) is 54.6 Å². The van der Waals surface area contributed by atoms with Gasteiger partial charge >= 0.3 is 0 Å². The highest BCUT2D eigenvalue weighted by Crippen LogP contribution is 2.31. The third-order valence-electron chi connectivity index (χ3n) is 4.47. The molecule has 0 aliphatic rings. The number of nitrogens with zero attached hydrogens (tertiary/aromatic N) is 4. The Labute approximate surface area is 175 Å². The van der Waals surface area contributed by atoms with Crippen molar-refractivity contribution in [2.75, 3.05) is 23.8 Å². The maximum Gasteiger partial charge on any atom is 0.237 e. The van der Waals surface area contributed by atoms with Crippen LogP contribution in [0.2, 0.25) is 0 Å². The topological polar surface area (TPSA) is 60.3 Å². The fraction of sp³-hybridized carbons (Fsp3) is 0.318. The van der Waals surface area contributed by atoms with Gasteiger partial charge in [0.25, 0.3) is 0 Å². The maximum atomic E-state index is 12.8. The fourth-order valence-corrected chi connectivity index (χ4v) is 4.01. The van der Waals surface area contributed by atoms with Crippen molar-refractivity contribution in [2.45, 2.75) is 32.5 Å². The Morgan fingerprint density at radius 2 is 1.76 bits per heavy atom. The number of carbonyl (C=O) groups excluding carboxylic acids is 1. The van der Waals surface area contributed by atoms with E-state index in [0.29, 0.717) is 25.4 Å². The molecule has 6 nitrogen and oxygen atoms in total. The number of carbonyl (C=O) groups is 1. The first-order valence-electron chi connectivity index (χ1n) is 9.83. The number of para-hydroxylation sites is 2. The minimum Gasteiger partial charge on any atom is -0.493 e. The van der Waals surface area contributed by atoms with Gasteiger partial charge < -0.3 is 14.2 Å². The van der Waals surface area contributed by atoms with Gasteiger partial charge in [-0.15, -0.1) is 10.2 Å². The molecule has 3 rings (SSSR count). The van der Waals surface area contributed by atoms with Crippen LogP contribution in [0.5, 0.6) is 5.75 Å². The Bertz CT molecular complexity index is 943. The van der Waals surface area contributed by atoms with Crippen LogP contribution < -0.4 is 9.64 Å². The van der Waals surface area contributed by atoms with Gasteiger partial charge in [0, 0.05) is 18.8 Å². The molecule has 1 amide bonds. The Balaban J connectivity index is 1.78. The van der Waals surface area contributed by atoms with E-state index in [9.17, 15) is 4.79 Å². The summed E-state index contributed by atoms with van der Waals surface area (Å²) in [6, 6.07) is 17.5. The van der Waals surface area contributed by atoms with Crippen molar-refractivity contribution >= 4 is 23.4 Å². The van der Waals surface area contributed by atoms with E-state index < -0.39 is 0 Å². The third-order valence-corrected chi connectivity index (χ3v) is 5.42. The van der Waals surface area contributed by atoms with Crippen molar-refractivity contribution in [1.29, 1.82) is 0 Å². The fourth-order valence-electron chi connectivity index (χ4n) is 3.13. The van der Waals surface area contributed by atoms with Crippen molar-refractivity contribution in [3.8, 4) is 17.1 Å². The molecule has 0 N–H and O–H groups in total. The van der Waals surface area contributed by atoms with Crippen LogP contribution in [0.4, 0.5) is 5.69 Å². The molecule has 0 aliphatic heterocycles. The van der Waals surface area contributed by atoms with Gasteiger partial charge in [-0.2, -0.15) is 0 Å². The Hall–Kier alpha value is -2.80. The van der Waals surface area contributed by atoms with Crippen molar-refractivity contribution in [3.63, 3.8) is 0 Å². The molecule has 0 saturated carbocycles. The number of anilines is 1. The molecular weight excluding hydrogens is 384 g/mol. The second kappa shape index (κ2) is 10.1. The lowest BCUT2D eigenvalue weighted by Crippen LogP contribution is -2.32. The lowest BCUT2D eigenvalue weighted by molar-refractivity contribution is -0.116. The van der Waals surface area contributed by atoms with E-state index in [-0.39, 0.29) is 5.91 Å². The van der Waals surface area contributed by atoms with Crippen LogP contribution >= 0.6 is 11.8 Å². The number of aromatic nitrogens is 3. The van der Waals surface area contributed by atoms with Crippen molar-refractivity contribution in [2.24, 2.45) is 0 Å². The summed E-state index contributed by atoms with van der Waals surface area (Å²) < 4.78 is 7.77. The summed E-state index contributed by atoms with van der Waals surface area (Å²) in [5.74, 6) is 1.88. The van der Waals surface area contributed by atoms with Gasteiger partial charge in [0.05, 0.1) is 17.9 Å². The van der Waals surface area contributed by atoms with Crippen LogP contribution in [0.1, 0.15) is 20.8 Å². The molecule has 152 valence electrons. The van der Waals surface area contributed by atoms with Gasteiger partial charge in [-0.05, 0) is 45.0 Å². The number of hydrogen-bond acceptors (Lipinski definition) is 5. The summed E-state index contributed by atoms with van der Waals surface area (Å²) in [5.41, 5.74) is 1.81. The van der Waals surface area contributed by atoms with Crippen LogP contribution in [0, 0.1) is 0 Å². The molecule has 0 fully saturated rings. The Kier molecular flexibility index (Phi) is 7.30. The SMILES string of the molecule is CCOc1ccccc1-c1nnc(SCC(=O)N(CC)c2ccccc2)n1CC. The monoisotopic (exact) mass is 410 g/mol. The summed E-state index contributed by atoms with van der Waals surface area (Å²) in [5, 5.41) is 9.46. The van der Waals surface area contributed by atoms with Crippen LogP contribution in [0.15, 0.2) is 59.8 Å². The van der Waals surface area contributed by atoms with Crippen LogP contribution in [0.3, 0.4) is 0 Å². The quantitative estimate of drug-likeness (QED) is 0.486. The predicted molar refractivity (Wildman–Crippen MR) is 117 cm³/mol. The van der Waals surface area contributed by atoms with E-state index in [0.717, 1.165) is 28.0 Å². The normalized spacial score (nSPS) is 10.7. The molecule has 7 heteroatoms. The summed E-state index contributed by atoms with van der Waals surface area (Å²) in [4.78, 5) is 14.6. The summed E-state index contributed by atoms with van der Waals surface area (Å²) >= 11 is 1.41. The van der Waals surface area contributed by atoms with Gasteiger partial charge in [-0.3, -0.25) is 4.79 Å². The summed E-state index contributed by atoms with van der Waals surface area (Å²) in [6.07, 6.45) is 0. The molecule has 3 aromatic rings. The van der Waals surface area contributed by atoms with Crippen LogP contribution in [0.25, 0.3) is 11.4 Å². The van der Waals surface area contributed by atoms with E-state index in [1.54, 1.807) is 4.90 Å². The number of ether oxygens (including phenoxy) is 1. The van der Waals surface area contributed by atoms with Gasteiger partial charge in [0.2, 0.25) is 5.91 Å². The molecule has 0 aliphatic carbocycles. The molecule has 0 saturated heterocycles. The molecule has 0 spiro atoms. The summed E-state index contributed by atoms with van der Waals surface area (Å²) in [6.45, 7) is 7.89. The molecule has 1 aromatic heterocycles. The molecule has 0 unspecified atom stereocenters. The lowest BCUT2D eigenvalue weighted by atomic mass is 10.2. The van der Waals surface area contributed by atoms with Gasteiger partial charge in [0.15, 0.2) is 11.0 Å². The highest BCUT2D eigenvalue weighted by atomic mass is 32.2. The highest BCUT2D eigenvalue weighted by Gasteiger charge is 2.19. The lowest BCUT2D eigenvalue weighted by Gasteiger charge is -2.20. The average Bonchev–Trinajstić information content (AvgIpc) is 3.17. The van der Waals surface area contributed by atoms with E-state index in [2.05, 4.69) is 10.2 Å². The van der Waals surface area contributed by atoms with Crippen molar-refractivity contribution in [1.82, 2.24) is 14.8 Å². The Morgan fingerprint density at radius 1 is 1.03 bits per heavy atom. The zero-order valence-corrected chi connectivity index (χ0v) is 17.9. The maximum absolute atomic E-state index is 12.8. The zero-order chi connectivity index (χ0) is 20.6. The average molecular weight is 411 g/mol. The molecular formula is C22H26N4O2S. The molecule has 2 aromatic carbocycles. The molecule has 0 radical (unpaired) electrons. The molecule has 29 heavy (non-hydrogen) atoms. The van der Waals surface area contributed by atoms with Gasteiger partial charge in [-0.25, -0.2) is 0 Å². The zero-order valence-electron chi connectivity index (χ0n) is 17.0. The first-order valence-corrected chi connectivity index (χ1v) is 10.8. The number of benzene rings is 2. The number of amides is 1. The molecule has 0 atom stereocenters. The minimum atomic E-state index is 0.0469. The van der Waals surface area contributed by atoms with E-state index >= 15 is 0 Å². The Morgan fingerprint density at radius 3 is 2.45 bits per heavy atom.